The van der Waals surface area contributed by atoms with Crippen LogP contribution in [0.4, 0.5) is 5.69 Å². The van der Waals surface area contributed by atoms with Gasteiger partial charge in [0.2, 0.25) is 0 Å². The predicted octanol–water partition coefficient (Wildman–Crippen LogP) is 4.58. The van der Waals surface area contributed by atoms with E-state index in [1.807, 2.05) is 19.1 Å². The lowest BCUT2D eigenvalue weighted by Crippen LogP contribution is -2.30. The van der Waals surface area contributed by atoms with Gasteiger partial charge < -0.3 is 10.1 Å². The lowest BCUT2D eigenvalue weighted by Gasteiger charge is -2.16. The number of carbonyl (C=O) groups is 1. The molecule has 2 aromatic rings. The normalized spacial score (nSPS) is 11.4. The summed E-state index contributed by atoms with van der Waals surface area (Å²) in [7, 11) is 0. The third kappa shape index (κ3) is 4.38. The molecule has 0 aromatic heterocycles. The Kier molecular flexibility index (Phi) is 5.49. The quantitative estimate of drug-likeness (QED) is 0.879. The summed E-state index contributed by atoms with van der Waals surface area (Å²) in [5.74, 6) is 0.0203. The lowest BCUT2D eigenvalue weighted by atomic mass is 10.2. The van der Waals surface area contributed by atoms with Crippen LogP contribution < -0.4 is 10.1 Å². The first-order chi connectivity index (χ1) is 10.9. The monoisotopic (exact) mass is 348 g/mol. The van der Waals surface area contributed by atoms with E-state index in [0.29, 0.717) is 22.0 Å². The zero-order valence-electron chi connectivity index (χ0n) is 12.6. The molecule has 0 aliphatic rings. The molecule has 4 nitrogen and oxygen atoms in total. The molecule has 0 aliphatic heterocycles. The highest BCUT2D eigenvalue weighted by atomic mass is 35.5. The fourth-order valence-electron chi connectivity index (χ4n) is 1.87. The maximum atomic E-state index is 12.2. The number of nitriles is 1. The number of hydrogen-bond acceptors (Lipinski definition) is 3. The number of hydrogen-bond donors (Lipinski definition) is 1. The molecule has 0 fully saturated rings. The summed E-state index contributed by atoms with van der Waals surface area (Å²) in [5, 5.41) is 12.4. The van der Waals surface area contributed by atoms with Gasteiger partial charge in [0.25, 0.3) is 5.91 Å². The number of rotatable bonds is 4. The Labute approximate surface area is 144 Å². The molecule has 0 unspecified atom stereocenters. The molecule has 2 aromatic carbocycles. The molecular weight excluding hydrogens is 335 g/mol. The van der Waals surface area contributed by atoms with Gasteiger partial charge in [0.05, 0.1) is 16.7 Å². The van der Waals surface area contributed by atoms with Gasteiger partial charge in [0.15, 0.2) is 6.10 Å². The first-order valence-electron chi connectivity index (χ1n) is 6.84. The Hall–Kier alpha value is -2.22. The number of anilines is 1. The highest BCUT2D eigenvalue weighted by Gasteiger charge is 2.17. The average molecular weight is 349 g/mol. The lowest BCUT2D eigenvalue weighted by molar-refractivity contribution is -0.122. The van der Waals surface area contributed by atoms with E-state index in [1.165, 1.54) is 6.07 Å². The summed E-state index contributed by atoms with van der Waals surface area (Å²) in [6.07, 6.45) is -0.765. The van der Waals surface area contributed by atoms with Crippen LogP contribution in [0.2, 0.25) is 10.0 Å². The molecule has 0 radical (unpaired) electrons. The zero-order chi connectivity index (χ0) is 17.0. The van der Waals surface area contributed by atoms with E-state index in [9.17, 15) is 4.79 Å². The van der Waals surface area contributed by atoms with Gasteiger partial charge in [-0.25, -0.2) is 0 Å². The van der Waals surface area contributed by atoms with E-state index in [2.05, 4.69) is 5.32 Å². The molecule has 0 saturated heterocycles. The largest absolute Gasteiger partial charge is 0.479 e. The number of nitrogens with one attached hydrogen (secondary N) is 1. The molecule has 2 rings (SSSR count). The highest BCUT2D eigenvalue weighted by molar-refractivity contribution is 6.32. The van der Waals surface area contributed by atoms with Crippen molar-refractivity contribution in [1.82, 2.24) is 0 Å². The van der Waals surface area contributed by atoms with Crippen LogP contribution in [0.15, 0.2) is 36.4 Å². The Bertz CT molecular complexity index is 785. The van der Waals surface area contributed by atoms with Crippen LogP contribution in [-0.2, 0) is 4.79 Å². The molecule has 0 saturated carbocycles. The van der Waals surface area contributed by atoms with Gasteiger partial charge in [0.1, 0.15) is 5.75 Å². The molecule has 1 atom stereocenters. The van der Waals surface area contributed by atoms with Crippen LogP contribution in [0.25, 0.3) is 0 Å². The number of halogens is 2. The maximum Gasteiger partial charge on any atom is 0.265 e. The summed E-state index contributed by atoms with van der Waals surface area (Å²) >= 11 is 12.0. The van der Waals surface area contributed by atoms with Crippen molar-refractivity contribution in [3.05, 3.63) is 57.6 Å². The third-order valence-corrected chi connectivity index (χ3v) is 3.72. The minimum atomic E-state index is -0.765. The summed E-state index contributed by atoms with van der Waals surface area (Å²) in [6, 6.07) is 11.9. The molecule has 0 spiro atoms. The number of benzene rings is 2. The van der Waals surface area contributed by atoms with Crippen molar-refractivity contribution in [2.75, 3.05) is 5.32 Å². The topological polar surface area (TPSA) is 62.1 Å². The summed E-state index contributed by atoms with van der Waals surface area (Å²) in [6.45, 7) is 3.48. The second kappa shape index (κ2) is 7.36. The zero-order valence-corrected chi connectivity index (χ0v) is 14.1. The van der Waals surface area contributed by atoms with Crippen LogP contribution >= 0.6 is 23.2 Å². The van der Waals surface area contributed by atoms with Crippen LogP contribution in [-0.4, -0.2) is 12.0 Å². The van der Waals surface area contributed by atoms with Crippen molar-refractivity contribution >= 4 is 34.8 Å². The van der Waals surface area contributed by atoms with Crippen LogP contribution in [0.3, 0.4) is 0 Å². The summed E-state index contributed by atoms with van der Waals surface area (Å²) in [4.78, 5) is 12.2. The molecule has 23 heavy (non-hydrogen) atoms. The third-order valence-electron chi connectivity index (χ3n) is 3.19. The number of nitrogens with zero attached hydrogens (tertiary/aromatic N) is 1. The second-order valence-electron chi connectivity index (χ2n) is 4.97. The van der Waals surface area contributed by atoms with Gasteiger partial charge in [-0.3, -0.25) is 4.79 Å². The van der Waals surface area contributed by atoms with E-state index in [-0.39, 0.29) is 10.9 Å². The van der Waals surface area contributed by atoms with E-state index < -0.39 is 6.10 Å². The summed E-state index contributed by atoms with van der Waals surface area (Å²) < 4.78 is 5.56. The predicted molar refractivity (Wildman–Crippen MR) is 91.1 cm³/mol. The molecular formula is C17H14Cl2N2O2. The van der Waals surface area contributed by atoms with Crippen LogP contribution in [0.5, 0.6) is 5.75 Å². The Morgan fingerprint density at radius 1 is 1.26 bits per heavy atom. The smallest absolute Gasteiger partial charge is 0.265 e. The van der Waals surface area contributed by atoms with Crippen LogP contribution in [0, 0.1) is 18.3 Å². The molecule has 118 valence electrons. The van der Waals surface area contributed by atoms with Gasteiger partial charge in [0, 0.05) is 10.7 Å². The van der Waals surface area contributed by atoms with E-state index in [0.717, 1.165) is 5.56 Å². The van der Waals surface area contributed by atoms with Crippen molar-refractivity contribution < 1.29 is 9.53 Å². The highest BCUT2D eigenvalue weighted by Crippen LogP contribution is 2.27. The molecule has 1 N–H and O–H groups in total. The first kappa shape index (κ1) is 17.1. The van der Waals surface area contributed by atoms with E-state index in [1.54, 1.807) is 31.2 Å². The Morgan fingerprint density at radius 3 is 2.65 bits per heavy atom. The number of aryl methyl sites for hydroxylation is 1. The van der Waals surface area contributed by atoms with Crippen molar-refractivity contribution in [1.29, 1.82) is 5.26 Å². The molecule has 0 bridgehead atoms. The molecule has 0 aliphatic carbocycles. The number of carbonyl (C=O) groups excluding carboxylic acids is 1. The number of amides is 1. The number of ether oxygens (including phenoxy) is 1. The standard InChI is InChI=1S/C17H14Cl2N2O2/c1-10-3-5-13(18)8-15(10)21-17(22)11(2)23-16-6-4-12(9-20)7-14(16)19/h3-8,11H,1-2H3,(H,21,22)/t11-/m1/s1. The van der Waals surface area contributed by atoms with E-state index in [4.69, 9.17) is 33.2 Å². The summed E-state index contributed by atoms with van der Waals surface area (Å²) in [5.41, 5.74) is 1.95. The van der Waals surface area contributed by atoms with Gasteiger partial charge >= 0.3 is 0 Å². The minimum Gasteiger partial charge on any atom is -0.479 e. The minimum absolute atomic E-state index is 0.280. The van der Waals surface area contributed by atoms with E-state index >= 15 is 0 Å². The second-order valence-corrected chi connectivity index (χ2v) is 5.81. The van der Waals surface area contributed by atoms with Crippen LogP contribution in [0.1, 0.15) is 18.1 Å². The average Bonchev–Trinajstić information content (AvgIpc) is 2.52. The SMILES string of the molecule is Cc1ccc(Cl)cc1NC(=O)[C@@H](C)Oc1ccc(C#N)cc1Cl. The van der Waals surface area contributed by atoms with Gasteiger partial charge in [-0.2, -0.15) is 5.26 Å². The maximum absolute atomic E-state index is 12.2. The van der Waals surface area contributed by atoms with Crippen molar-refractivity contribution in [3.63, 3.8) is 0 Å². The molecule has 1 amide bonds. The van der Waals surface area contributed by atoms with Crippen molar-refractivity contribution in [2.24, 2.45) is 0 Å². The van der Waals surface area contributed by atoms with Gasteiger partial charge in [-0.1, -0.05) is 29.3 Å². The fourth-order valence-corrected chi connectivity index (χ4v) is 2.27. The molecule has 0 heterocycles. The van der Waals surface area contributed by atoms with Gasteiger partial charge in [-0.05, 0) is 49.7 Å². The van der Waals surface area contributed by atoms with Crippen molar-refractivity contribution in [3.8, 4) is 11.8 Å². The Balaban J connectivity index is 2.08. The molecule has 6 heteroatoms. The first-order valence-corrected chi connectivity index (χ1v) is 7.59. The fraction of sp³-hybridized carbons (Fsp3) is 0.176. The van der Waals surface area contributed by atoms with Gasteiger partial charge in [-0.15, -0.1) is 0 Å². The van der Waals surface area contributed by atoms with Crippen molar-refractivity contribution in [2.45, 2.75) is 20.0 Å². The Morgan fingerprint density at radius 2 is 2.00 bits per heavy atom.